The largest absolute Gasteiger partial charge is 0.325 e. The molecule has 0 aliphatic rings. The van der Waals surface area contributed by atoms with Gasteiger partial charge in [-0.25, -0.2) is 8.78 Å². The maximum absolute atomic E-state index is 13.2. The number of carbonyl (C=O) groups is 1. The molecule has 0 radical (unpaired) electrons. The number of amides is 1. The van der Waals surface area contributed by atoms with Gasteiger partial charge in [-0.05, 0) is 36.4 Å². The van der Waals surface area contributed by atoms with E-state index in [1.807, 2.05) is 6.07 Å². The van der Waals surface area contributed by atoms with Crippen LogP contribution in [-0.4, -0.2) is 36.5 Å². The third-order valence-corrected chi connectivity index (χ3v) is 4.61. The number of halogens is 2. The van der Waals surface area contributed by atoms with Crippen LogP contribution in [0.3, 0.4) is 0 Å². The highest BCUT2D eigenvalue weighted by molar-refractivity contribution is 7.99. The Kier molecular flexibility index (Phi) is 4.94. The van der Waals surface area contributed by atoms with Crippen LogP contribution in [0.5, 0.6) is 0 Å². The van der Waals surface area contributed by atoms with Gasteiger partial charge in [-0.1, -0.05) is 17.8 Å². The first kappa shape index (κ1) is 18.0. The highest BCUT2D eigenvalue weighted by Gasteiger charge is 2.12. The van der Waals surface area contributed by atoms with Gasteiger partial charge in [0.05, 0.1) is 5.75 Å². The van der Waals surface area contributed by atoms with Crippen molar-refractivity contribution in [2.75, 3.05) is 11.1 Å². The molecule has 0 atom stereocenters. The molecule has 3 aromatic heterocycles. The van der Waals surface area contributed by atoms with Gasteiger partial charge in [0.1, 0.15) is 10.7 Å². The van der Waals surface area contributed by atoms with Gasteiger partial charge in [-0.2, -0.15) is 9.61 Å². The molecule has 4 rings (SSSR count). The molecule has 1 amide bonds. The molecule has 0 saturated carbocycles. The fourth-order valence-electron chi connectivity index (χ4n) is 2.41. The summed E-state index contributed by atoms with van der Waals surface area (Å²) in [6.07, 6.45) is 1.65. The molecule has 7 nitrogen and oxygen atoms in total. The van der Waals surface area contributed by atoms with Gasteiger partial charge in [-0.15, -0.1) is 10.2 Å². The molecule has 0 unspecified atom stereocenters. The predicted octanol–water partition coefficient (Wildman–Crippen LogP) is 3.20. The molecule has 0 bridgehead atoms. The first-order valence-electron chi connectivity index (χ1n) is 8.12. The number of thioether (sulfide) groups is 1. The lowest BCUT2D eigenvalue weighted by Crippen LogP contribution is -2.14. The maximum atomic E-state index is 13.2. The number of hydrogen-bond acceptors (Lipinski definition) is 6. The lowest BCUT2D eigenvalue weighted by molar-refractivity contribution is -0.113. The van der Waals surface area contributed by atoms with Crippen LogP contribution in [0.25, 0.3) is 17.2 Å². The molecule has 1 aromatic carbocycles. The molecular weight excluding hydrogens is 386 g/mol. The Hall–Kier alpha value is -3.40. The Bertz CT molecular complexity index is 1150. The molecule has 0 aliphatic carbocycles. The van der Waals surface area contributed by atoms with E-state index in [0.717, 1.165) is 12.1 Å². The van der Waals surface area contributed by atoms with Crippen molar-refractivity contribution in [1.82, 2.24) is 24.8 Å². The van der Waals surface area contributed by atoms with E-state index < -0.39 is 11.6 Å². The van der Waals surface area contributed by atoms with E-state index in [4.69, 9.17) is 0 Å². The van der Waals surface area contributed by atoms with Crippen molar-refractivity contribution in [3.8, 4) is 11.5 Å². The van der Waals surface area contributed by atoms with E-state index in [1.54, 1.807) is 35.0 Å². The average molecular weight is 398 g/mol. The van der Waals surface area contributed by atoms with Crippen molar-refractivity contribution in [3.63, 3.8) is 0 Å². The fraction of sp³-hybridized carbons (Fsp3) is 0.0556. The molecule has 1 N–H and O–H groups in total. The summed E-state index contributed by atoms with van der Waals surface area (Å²) in [6, 6.07) is 12.1. The molecular formula is C18H12F2N6OS. The second-order valence-electron chi connectivity index (χ2n) is 5.65. The molecule has 28 heavy (non-hydrogen) atoms. The minimum absolute atomic E-state index is 0.0402. The summed E-state index contributed by atoms with van der Waals surface area (Å²) >= 11 is 1.19. The molecule has 140 valence electrons. The van der Waals surface area contributed by atoms with Gasteiger partial charge in [-0.3, -0.25) is 9.78 Å². The van der Waals surface area contributed by atoms with E-state index in [2.05, 4.69) is 25.6 Å². The second kappa shape index (κ2) is 7.69. The van der Waals surface area contributed by atoms with Crippen LogP contribution in [0, 0.1) is 11.6 Å². The van der Waals surface area contributed by atoms with Gasteiger partial charge in [0.15, 0.2) is 17.3 Å². The van der Waals surface area contributed by atoms with Crippen molar-refractivity contribution in [2.45, 2.75) is 5.03 Å². The molecule has 0 spiro atoms. The normalized spacial score (nSPS) is 10.9. The standard InChI is InChI=1S/C18H12F2N6OS/c19-12-5-4-11(9-13(12)20)22-16(27)10-28-17-7-6-15-23-24-18(26(15)25-17)14-3-1-2-8-21-14/h1-9H,10H2,(H,22,27). The lowest BCUT2D eigenvalue weighted by Gasteiger charge is -2.06. The van der Waals surface area contributed by atoms with Crippen molar-refractivity contribution in [3.05, 3.63) is 66.4 Å². The number of nitrogens with zero attached hydrogens (tertiary/aromatic N) is 5. The van der Waals surface area contributed by atoms with Crippen LogP contribution in [0.2, 0.25) is 0 Å². The van der Waals surface area contributed by atoms with Crippen LogP contribution < -0.4 is 5.32 Å². The zero-order valence-electron chi connectivity index (χ0n) is 14.2. The summed E-state index contributed by atoms with van der Waals surface area (Å²) in [5.41, 5.74) is 1.36. The zero-order chi connectivity index (χ0) is 19.5. The molecule has 3 heterocycles. The number of hydrogen-bond donors (Lipinski definition) is 1. The number of benzene rings is 1. The van der Waals surface area contributed by atoms with E-state index in [1.165, 1.54) is 17.8 Å². The summed E-state index contributed by atoms with van der Waals surface area (Å²) in [6.45, 7) is 0. The second-order valence-corrected chi connectivity index (χ2v) is 6.64. The SMILES string of the molecule is O=C(CSc1ccc2nnc(-c3ccccn3)n2n1)Nc1ccc(F)c(F)c1. The Morgan fingerprint density at radius 1 is 1.07 bits per heavy atom. The molecule has 0 saturated heterocycles. The lowest BCUT2D eigenvalue weighted by atomic mass is 10.3. The quantitative estimate of drug-likeness (QED) is 0.520. The number of nitrogens with one attached hydrogen (secondary N) is 1. The third kappa shape index (κ3) is 3.81. The summed E-state index contributed by atoms with van der Waals surface area (Å²) in [5, 5.41) is 15.7. The highest BCUT2D eigenvalue weighted by Crippen LogP contribution is 2.20. The van der Waals surface area contributed by atoms with Gasteiger partial charge in [0.2, 0.25) is 11.7 Å². The van der Waals surface area contributed by atoms with Crippen LogP contribution in [0.1, 0.15) is 0 Å². The van der Waals surface area contributed by atoms with E-state index in [0.29, 0.717) is 22.2 Å². The average Bonchev–Trinajstić information content (AvgIpc) is 3.13. The van der Waals surface area contributed by atoms with E-state index in [9.17, 15) is 13.6 Å². The van der Waals surface area contributed by atoms with Crippen LogP contribution in [-0.2, 0) is 4.79 Å². The zero-order valence-corrected chi connectivity index (χ0v) is 15.0. The topological polar surface area (TPSA) is 85.1 Å². The number of carbonyl (C=O) groups excluding carboxylic acids is 1. The van der Waals surface area contributed by atoms with Gasteiger partial charge < -0.3 is 5.32 Å². The number of rotatable bonds is 5. The third-order valence-electron chi connectivity index (χ3n) is 3.69. The smallest absolute Gasteiger partial charge is 0.234 e. The van der Waals surface area contributed by atoms with Crippen molar-refractivity contribution in [1.29, 1.82) is 0 Å². The van der Waals surface area contributed by atoms with Crippen molar-refractivity contribution >= 4 is 29.0 Å². The number of anilines is 1. The van der Waals surface area contributed by atoms with Gasteiger partial charge in [0.25, 0.3) is 0 Å². The minimum Gasteiger partial charge on any atom is -0.325 e. The summed E-state index contributed by atoms with van der Waals surface area (Å²) < 4.78 is 27.7. The van der Waals surface area contributed by atoms with Crippen molar-refractivity contribution in [2.24, 2.45) is 0 Å². The number of fused-ring (bicyclic) bond motifs is 1. The van der Waals surface area contributed by atoms with E-state index in [-0.39, 0.29) is 17.3 Å². The Morgan fingerprint density at radius 3 is 2.75 bits per heavy atom. The number of aromatic nitrogens is 5. The van der Waals surface area contributed by atoms with E-state index >= 15 is 0 Å². The summed E-state index contributed by atoms with van der Waals surface area (Å²) in [5.74, 6) is -1.83. The maximum Gasteiger partial charge on any atom is 0.234 e. The Balaban J connectivity index is 1.47. The first-order chi connectivity index (χ1) is 13.6. The van der Waals surface area contributed by atoms with Crippen LogP contribution in [0.15, 0.2) is 59.8 Å². The first-order valence-corrected chi connectivity index (χ1v) is 9.10. The molecule has 0 fully saturated rings. The summed E-state index contributed by atoms with van der Waals surface area (Å²) in [7, 11) is 0. The Morgan fingerprint density at radius 2 is 1.96 bits per heavy atom. The summed E-state index contributed by atoms with van der Waals surface area (Å²) in [4.78, 5) is 16.3. The molecule has 0 aliphatic heterocycles. The monoisotopic (exact) mass is 398 g/mol. The fourth-order valence-corrected chi connectivity index (χ4v) is 3.07. The van der Waals surface area contributed by atoms with Crippen molar-refractivity contribution < 1.29 is 13.6 Å². The van der Waals surface area contributed by atoms with Crippen LogP contribution in [0.4, 0.5) is 14.5 Å². The van der Waals surface area contributed by atoms with Gasteiger partial charge >= 0.3 is 0 Å². The number of pyridine rings is 1. The predicted molar refractivity (Wildman–Crippen MR) is 99.7 cm³/mol. The van der Waals surface area contributed by atoms with Gasteiger partial charge in [0, 0.05) is 18.0 Å². The Labute approximate surface area is 161 Å². The highest BCUT2D eigenvalue weighted by atomic mass is 32.2. The molecule has 10 heteroatoms. The van der Waals surface area contributed by atoms with Crippen LogP contribution >= 0.6 is 11.8 Å². The molecule has 4 aromatic rings. The minimum atomic E-state index is -1.02.